The van der Waals surface area contributed by atoms with Gasteiger partial charge in [0.15, 0.2) is 6.61 Å². The normalized spacial score (nSPS) is 10.5. The largest absolute Gasteiger partial charge is 0.452 e. The fraction of sp³-hybridized carbons (Fsp3) is 0.333. The summed E-state index contributed by atoms with van der Waals surface area (Å²) in [6.07, 6.45) is 0. The van der Waals surface area contributed by atoms with Crippen molar-refractivity contribution in [1.29, 1.82) is 0 Å². The summed E-state index contributed by atoms with van der Waals surface area (Å²) in [7, 11) is 0. The number of H-pyrrole nitrogens is 1. The van der Waals surface area contributed by atoms with Crippen LogP contribution in [0.25, 0.3) is 11.0 Å². The molecule has 8 nitrogen and oxygen atoms in total. The molecule has 1 aromatic carbocycles. The molecule has 0 saturated heterocycles. The SMILES string of the molecule is CCNC(=O)COC(=O)c1ccc2c(c1)[nH]c(=O)c(=O)n2CC. The summed E-state index contributed by atoms with van der Waals surface area (Å²) < 4.78 is 6.21. The fourth-order valence-corrected chi connectivity index (χ4v) is 2.18. The van der Waals surface area contributed by atoms with Crippen molar-refractivity contribution in [2.24, 2.45) is 0 Å². The minimum absolute atomic E-state index is 0.179. The molecule has 2 aromatic rings. The van der Waals surface area contributed by atoms with E-state index >= 15 is 0 Å². The summed E-state index contributed by atoms with van der Waals surface area (Å²) in [6.45, 7) is 3.90. The summed E-state index contributed by atoms with van der Waals surface area (Å²) in [5, 5.41) is 2.51. The van der Waals surface area contributed by atoms with Crippen molar-refractivity contribution >= 4 is 22.9 Å². The Hall–Kier alpha value is -2.90. The van der Waals surface area contributed by atoms with Crippen molar-refractivity contribution in [3.05, 3.63) is 44.5 Å². The van der Waals surface area contributed by atoms with Gasteiger partial charge in [0.1, 0.15) is 0 Å². The van der Waals surface area contributed by atoms with Crippen LogP contribution in [-0.2, 0) is 16.1 Å². The van der Waals surface area contributed by atoms with Crippen LogP contribution in [0.4, 0.5) is 0 Å². The van der Waals surface area contributed by atoms with Crippen LogP contribution < -0.4 is 16.4 Å². The predicted molar refractivity (Wildman–Crippen MR) is 83.5 cm³/mol. The quantitative estimate of drug-likeness (QED) is 0.595. The molecule has 0 bridgehead atoms. The molecular weight excluding hydrogens is 302 g/mol. The van der Waals surface area contributed by atoms with Gasteiger partial charge in [0.25, 0.3) is 5.91 Å². The third-order valence-electron chi connectivity index (χ3n) is 3.24. The average molecular weight is 319 g/mol. The number of fused-ring (bicyclic) bond motifs is 1. The third-order valence-corrected chi connectivity index (χ3v) is 3.24. The Kier molecular flexibility index (Phi) is 4.95. The smallest absolute Gasteiger partial charge is 0.338 e. The second-order valence-electron chi connectivity index (χ2n) is 4.77. The van der Waals surface area contributed by atoms with Crippen LogP contribution in [0.15, 0.2) is 27.8 Å². The van der Waals surface area contributed by atoms with E-state index in [1.807, 2.05) is 0 Å². The average Bonchev–Trinajstić information content (AvgIpc) is 2.53. The van der Waals surface area contributed by atoms with E-state index in [4.69, 9.17) is 4.74 Å². The molecule has 2 rings (SSSR count). The van der Waals surface area contributed by atoms with Gasteiger partial charge in [0.05, 0.1) is 16.6 Å². The zero-order valence-corrected chi connectivity index (χ0v) is 12.8. The molecule has 122 valence electrons. The first kappa shape index (κ1) is 16.5. The maximum absolute atomic E-state index is 11.9. The maximum Gasteiger partial charge on any atom is 0.338 e. The summed E-state index contributed by atoms with van der Waals surface area (Å²) in [6, 6.07) is 4.45. The highest BCUT2D eigenvalue weighted by Gasteiger charge is 2.13. The molecule has 8 heteroatoms. The first-order chi connectivity index (χ1) is 11.0. The van der Waals surface area contributed by atoms with E-state index < -0.39 is 23.0 Å². The number of aromatic amines is 1. The van der Waals surface area contributed by atoms with Crippen molar-refractivity contribution < 1.29 is 14.3 Å². The molecule has 1 heterocycles. The standard InChI is InChI=1S/C15H17N3O5/c1-3-16-12(19)8-23-15(22)9-5-6-11-10(7-9)17-13(20)14(21)18(11)4-2/h5-7H,3-4,8H2,1-2H3,(H,16,19)(H,17,20). The zero-order chi connectivity index (χ0) is 17.0. The van der Waals surface area contributed by atoms with E-state index in [0.29, 0.717) is 24.1 Å². The van der Waals surface area contributed by atoms with E-state index in [9.17, 15) is 19.2 Å². The minimum atomic E-state index is -0.757. The van der Waals surface area contributed by atoms with Gasteiger partial charge in [-0.1, -0.05) is 0 Å². The maximum atomic E-state index is 11.9. The number of rotatable bonds is 5. The lowest BCUT2D eigenvalue weighted by Crippen LogP contribution is -2.36. The number of hydrogen-bond acceptors (Lipinski definition) is 5. The lowest BCUT2D eigenvalue weighted by molar-refractivity contribution is -0.124. The fourth-order valence-electron chi connectivity index (χ4n) is 2.18. The second-order valence-corrected chi connectivity index (χ2v) is 4.77. The first-order valence-electron chi connectivity index (χ1n) is 7.18. The molecule has 1 aromatic heterocycles. The number of esters is 1. The number of carbonyl (C=O) groups is 2. The number of likely N-dealkylation sites (N-methyl/N-ethyl adjacent to an activating group) is 1. The van der Waals surface area contributed by atoms with Crippen molar-refractivity contribution in [2.75, 3.05) is 13.2 Å². The Bertz CT molecular complexity index is 866. The van der Waals surface area contributed by atoms with Crippen molar-refractivity contribution in [3.8, 4) is 0 Å². The van der Waals surface area contributed by atoms with Crippen LogP contribution in [0.2, 0.25) is 0 Å². The van der Waals surface area contributed by atoms with E-state index in [-0.39, 0.29) is 12.2 Å². The molecular formula is C15H17N3O5. The first-order valence-corrected chi connectivity index (χ1v) is 7.18. The summed E-state index contributed by atoms with van der Waals surface area (Å²) in [4.78, 5) is 49.0. The highest BCUT2D eigenvalue weighted by atomic mass is 16.5. The monoisotopic (exact) mass is 319 g/mol. The molecule has 0 atom stereocenters. The Morgan fingerprint density at radius 1 is 1.26 bits per heavy atom. The molecule has 0 aliphatic carbocycles. The number of benzene rings is 1. The number of nitrogens with zero attached hydrogens (tertiary/aromatic N) is 1. The molecule has 0 aliphatic heterocycles. The lowest BCUT2D eigenvalue weighted by Gasteiger charge is -2.09. The molecule has 23 heavy (non-hydrogen) atoms. The summed E-state index contributed by atoms with van der Waals surface area (Å²) in [5.41, 5.74) is -0.362. The molecule has 0 unspecified atom stereocenters. The number of ether oxygens (including phenoxy) is 1. The molecule has 0 radical (unpaired) electrons. The van der Waals surface area contributed by atoms with Crippen molar-refractivity contribution in [1.82, 2.24) is 14.9 Å². The van der Waals surface area contributed by atoms with Gasteiger partial charge in [-0.25, -0.2) is 4.79 Å². The minimum Gasteiger partial charge on any atom is -0.452 e. The van der Waals surface area contributed by atoms with Gasteiger partial charge in [-0.2, -0.15) is 0 Å². The Morgan fingerprint density at radius 3 is 2.65 bits per heavy atom. The van der Waals surface area contributed by atoms with E-state index in [1.165, 1.54) is 16.7 Å². The Labute approximate surface area is 131 Å². The molecule has 1 amide bonds. The van der Waals surface area contributed by atoms with Crippen LogP contribution in [0, 0.1) is 0 Å². The van der Waals surface area contributed by atoms with E-state index in [0.717, 1.165) is 0 Å². The molecule has 0 spiro atoms. The number of amides is 1. The molecule has 0 fully saturated rings. The van der Waals surface area contributed by atoms with Gasteiger partial charge in [0, 0.05) is 13.1 Å². The molecule has 2 N–H and O–H groups in total. The van der Waals surface area contributed by atoms with Gasteiger partial charge in [-0.05, 0) is 32.0 Å². The molecule has 0 aliphatic rings. The van der Waals surface area contributed by atoms with Gasteiger partial charge in [-0.15, -0.1) is 0 Å². The number of hydrogen-bond donors (Lipinski definition) is 2. The van der Waals surface area contributed by atoms with Crippen LogP contribution in [0.3, 0.4) is 0 Å². The number of nitrogens with one attached hydrogen (secondary N) is 2. The van der Waals surface area contributed by atoms with Gasteiger partial charge in [-0.3, -0.25) is 14.4 Å². The summed E-state index contributed by atoms with van der Waals surface area (Å²) >= 11 is 0. The van der Waals surface area contributed by atoms with Crippen LogP contribution in [0.1, 0.15) is 24.2 Å². The van der Waals surface area contributed by atoms with E-state index in [2.05, 4.69) is 10.3 Å². The highest BCUT2D eigenvalue weighted by molar-refractivity contribution is 5.94. The van der Waals surface area contributed by atoms with Gasteiger partial charge in [0.2, 0.25) is 0 Å². The molecule has 0 saturated carbocycles. The number of aryl methyl sites for hydroxylation is 1. The number of carbonyl (C=O) groups excluding carboxylic acids is 2. The van der Waals surface area contributed by atoms with E-state index in [1.54, 1.807) is 19.9 Å². The zero-order valence-electron chi connectivity index (χ0n) is 12.8. The number of aromatic nitrogens is 2. The topological polar surface area (TPSA) is 110 Å². The van der Waals surface area contributed by atoms with Gasteiger partial charge >= 0.3 is 17.1 Å². The third kappa shape index (κ3) is 3.47. The lowest BCUT2D eigenvalue weighted by atomic mass is 10.2. The second kappa shape index (κ2) is 6.91. The Balaban J connectivity index is 2.32. The summed E-state index contributed by atoms with van der Waals surface area (Å²) in [5.74, 6) is -1.08. The van der Waals surface area contributed by atoms with Crippen molar-refractivity contribution in [3.63, 3.8) is 0 Å². The van der Waals surface area contributed by atoms with Crippen LogP contribution >= 0.6 is 0 Å². The van der Waals surface area contributed by atoms with Crippen LogP contribution in [0.5, 0.6) is 0 Å². The predicted octanol–water partition coefficient (Wildman–Crippen LogP) is 0.00260. The Morgan fingerprint density at radius 2 is 2.00 bits per heavy atom. The highest BCUT2D eigenvalue weighted by Crippen LogP contribution is 2.12. The van der Waals surface area contributed by atoms with Gasteiger partial charge < -0.3 is 19.6 Å². The van der Waals surface area contributed by atoms with Crippen LogP contribution in [-0.4, -0.2) is 34.6 Å². The van der Waals surface area contributed by atoms with Crippen molar-refractivity contribution in [2.45, 2.75) is 20.4 Å².